The summed E-state index contributed by atoms with van der Waals surface area (Å²) >= 11 is 0. The molecule has 6 nitrogen and oxygen atoms in total. The van der Waals surface area contributed by atoms with Gasteiger partial charge < -0.3 is 14.4 Å². The molecule has 0 aliphatic heterocycles. The highest BCUT2D eigenvalue weighted by molar-refractivity contribution is 5.97. The molecule has 2 amide bonds. The smallest absolute Gasteiger partial charge is 0.229 e. The van der Waals surface area contributed by atoms with Gasteiger partial charge in [0.2, 0.25) is 11.8 Å². The Labute approximate surface area is 214 Å². The van der Waals surface area contributed by atoms with Crippen LogP contribution in [0, 0.1) is 11.8 Å². The van der Waals surface area contributed by atoms with E-state index < -0.39 is 0 Å². The number of aromatic nitrogens is 2. The maximum absolute atomic E-state index is 13.0. The van der Waals surface area contributed by atoms with E-state index in [1.807, 2.05) is 57.5 Å². The SMILES string of the molecule is CN(C(=O)C1CCCCC1)c1ccc(-c2nc3cc(N(C)C(=O)C4CCCCC4)ccc3n2C)cc1. The van der Waals surface area contributed by atoms with Crippen LogP contribution < -0.4 is 9.80 Å². The van der Waals surface area contributed by atoms with Gasteiger partial charge in [0.25, 0.3) is 0 Å². The standard InChI is InChI=1S/C30H38N4O2/c1-32(29(35)22-10-6-4-7-11-22)24-16-14-21(15-17-24)28-31-26-20-25(18-19-27(26)34(28)3)33(2)30(36)23-12-8-5-9-13-23/h14-20,22-23H,4-13H2,1-3H3. The lowest BCUT2D eigenvalue weighted by atomic mass is 9.88. The van der Waals surface area contributed by atoms with Crippen molar-refractivity contribution in [2.75, 3.05) is 23.9 Å². The van der Waals surface area contributed by atoms with Gasteiger partial charge in [-0.05, 0) is 68.1 Å². The first-order valence-corrected chi connectivity index (χ1v) is 13.6. The summed E-state index contributed by atoms with van der Waals surface area (Å²) in [7, 11) is 5.79. The highest BCUT2D eigenvalue weighted by Crippen LogP contribution is 2.31. The van der Waals surface area contributed by atoms with Crippen molar-refractivity contribution in [2.45, 2.75) is 64.2 Å². The van der Waals surface area contributed by atoms with Crippen LogP contribution in [0.1, 0.15) is 64.2 Å². The summed E-state index contributed by atoms with van der Waals surface area (Å²) in [6.45, 7) is 0. The normalized spacial score (nSPS) is 17.3. The van der Waals surface area contributed by atoms with Gasteiger partial charge >= 0.3 is 0 Å². The van der Waals surface area contributed by atoms with Gasteiger partial charge in [-0.25, -0.2) is 4.98 Å². The lowest BCUT2D eigenvalue weighted by Gasteiger charge is -2.26. The molecule has 0 atom stereocenters. The number of amides is 2. The summed E-state index contributed by atoms with van der Waals surface area (Å²) in [5.74, 6) is 1.61. The number of aryl methyl sites for hydroxylation is 1. The van der Waals surface area contributed by atoms with Gasteiger partial charge in [-0.1, -0.05) is 38.5 Å². The molecule has 2 aliphatic carbocycles. The molecule has 190 valence electrons. The molecule has 2 fully saturated rings. The highest BCUT2D eigenvalue weighted by atomic mass is 16.2. The minimum absolute atomic E-state index is 0.139. The number of rotatable bonds is 5. The van der Waals surface area contributed by atoms with E-state index in [0.29, 0.717) is 0 Å². The van der Waals surface area contributed by atoms with Gasteiger partial charge in [0.1, 0.15) is 5.82 Å². The Hall–Kier alpha value is -3.15. The fourth-order valence-corrected chi connectivity index (χ4v) is 5.99. The lowest BCUT2D eigenvalue weighted by Crippen LogP contribution is -2.33. The average molecular weight is 487 g/mol. The van der Waals surface area contributed by atoms with E-state index in [1.165, 1.54) is 12.8 Å². The van der Waals surface area contributed by atoms with Gasteiger partial charge in [0.05, 0.1) is 11.0 Å². The van der Waals surface area contributed by atoms with Gasteiger partial charge in [-0.15, -0.1) is 0 Å². The minimum Gasteiger partial charge on any atom is -0.327 e. The molecule has 0 saturated heterocycles. The molecule has 0 bridgehead atoms. The maximum Gasteiger partial charge on any atom is 0.229 e. The van der Waals surface area contributed by atoms with Crippen molar-refractivity contribution in [1.82, 2.24) is 9.55 Å². The third kappa shape index (κ3) is 4.78. The van der Waals surface area contributed by atoms with Crippen LogP contribution in [-0.2, 0) is 16.6 Å². The van der Waals surface area contributed by atoms with Crippen LogP contribution in [0.25, 0.3) is 22.4 Å². The molecule has 2 aliphatic rings. The zero-order chi connectivity index (χ0) is 25.2. The minimum atomic E-state index is 0.139. The van der Waals surface area contributed by atoms with E-state index in [0.717, 1.165) is 85.2 Å². The molecular weight excluding hydrogens is 448 g/mol. The fraction of sp³-hybridized carbons (Fsp3) is 0.500. The van der Waals surface area contributed by atoms with E-state index in [-0.39, 0.29) is 23.7 Å². The maximum atomic E-state index is 13.0. The van der Waals surface area contributed by atoms with Crippen LogP contribution in [-0.4, -0.2) is 35.5 Å². The van der Waals surface area contributed by atoms with Crippen molar-refractivity contribution >= 4 is 34.2 Å². The van der Waals surface area contributed by atoms with Crippen LogP contribution in [0.4, 0.5) is 11.4 Å². The Kier molecular flexibility index (Phi) is 7.13. The lowest BCUT2D eigenvalue weighted by molar-refractivity contribution is -0.123. The van der Waals surface area contributed by atoms with Gasteiger partial charge in [-0.2, -0.15) is 0 Å². The largest absolute Gasteiger partial charge is 0.327 e. The Morgan fingerprint density at radius 3 is 1.81 bits per heavy atom. The summed E-state index contributed by atoms with van der Waals surface area (Å²) < 4.78 is 2.09. The van der Waals surface area contributed by atoms with Crippen molar-refractivity contribution in [1.29, 1.82) is 0 Å². The van der Waals surface area contributed by atoms with Crippen molar-refractivity contribution in [3.05, 3.63) is 42.5 Å². The average Bonchev–Trinajstić information content (AvgIpc) is 3.28. The third-order valence-corrected chi connectivity index (χ3v) is 8.33. The molecule has 5 rings (SSSR count). The van der Waals surface area contributed by atoms with Crippen molar-refractivity contribution in [3.63, 3.8) is 0 Å². The van der Waals surface area contributed by atoms with Crippen LogP contribution in [0.15, 0.2) is 42.5 Å². The fourth-order valence-electron chi connectivity index (χ4n) is 5.99. The zero-order valence-corrected chi connectivity index (χ0v) is 21.9. The summed E-state index contributed by atoms with van der Waals surface area (Å²) in [4.78, 5) is 34.5. The van der Waals surface area contributed by atoms with Crippen LogP contribution in [0.2, 0.25) is 0 Å². The van der Waals surface area contributed by atoms with Gasteiger partial charge in [0.15, 0.2) is 0 Å². The van der Waals surface area contributed by atoms with Crippen LogP contribution >= 0.6 is 0 Å². The molecular formula is C30H38N4O2. The van der Waals surface area contributed by atoms with E-state index in [2.05, 4.69) is 10.6 Å². The first kappa shape index (κ1) is 24.5. The molecule has 2 saturated carbocycles. The summed E-state index contributed by atoms with van der Waals surface area (Å²) in [5, 5.41) is 0. The number of hydrogen-bond donors (Lipinski definition) is 0. The molecule has 1 aromatic heterocycles. The van der Waals surface area contributed by atoms with Crippen molar-refractivity contribution in [3.8, 4) is 11.4 Å². The number of carbonyl (C=O) groups excluding carboxylic acids is 2. The Balaban J connectivity index is 1.35. The molecule has 1 heterocycles. The summed E-state index contributed by atoms with van der Waals surface area (Å²) in [5.41, 5.74) is 4.71. The van der Waals surface area contributed by atoms with Crippen LogP contribution in [0.3, 0.4) is 0 Å². The second kappa shape index (κ2) is 10.5. The topological polar surface area (TPSA) is 58.4 Å². The molecule has 0 unspecified atom stereocenters. The molecule has 6 heteroatoms. The predicted octanol–water partition coefficient (Wildman–Crippen LogP) is 6.33. The Morgan fingerprint density at radius 2 is 1.25 bits per heavy atom. The molecule has 0 radical (unpaired) electrons. The first-order chi connectivity index (χ1) is 17.4. The Morgan fingerprint density at radius 1 is 0.750 bits per heavy atom. The summed E-state index contributed by atoms with van der Waals surface area (Å²) in [6, 6.07) is 14.2. The second-order valence-corrected chi connectivity index (χ2v) is 10.7. The Bertz CT molecular complexity index is 1230. The second-order valence-electron chi connectivity index (χ2n) is 10.7. The third-order valence-electron chi connectivity index (χ3n) is 8.33. The zero-order valence-electron chi connectivity index (χ0n) is 21.9. The quantitative estimate of drug-likeness (QED) is 0.424. The number of anilines is 2. The molecule has 2 aromatic carbocycles. The van der Waals surface area contributed by atoms with Crippen molar-refractivity contribution < 1.29 is 9.59 Å². The number of carbonyl (C=O) groups is 2. The van der Waals surface area contributed by atoms with E-state index in [9.17, 15) is 9.59 Å². The molecule has 0 N–H and O–H groups in total. The van der Waals surface area contributed by atoms with E-state index in [4.69, 9.17) is 4.98 Å². The highest BCUT2D eigenvalue weighted by Gasteiger charge is 2.26. The van der Waals surface area contributed by atoms with E-state index in [1.54, 1.807) is 9.80 Å². The van der Waals surface area contributed by atoms with E-state index >= 15 is 0 Å². The summed E-state index contributed by atoms with van der Waals surface area (Å²) in [6.07, 6.45) is 11.1. The number of hydrogen-bond acceptors (Lipinski definition) is 3. The number of fused-ring (bicyclic) bond motifs is 1. The van der Waals surface area contributed by atoms with Gasteiger partial charge in [-0.3, -0.25) is 9.59 Å². The number of imidazole rings is 1. The molecule has 3 aromatic rings. The predicted molar refractivity (Wildman–Crippen MR) is 146 cm³/mol. The number of nitrogens with zero attached hydrogens (tertiary/aromatic N) is 4. The molecule has 0 spiro atoms. The van der Waals surface area contributed by atoms with Crippen molar-refractivity contribution in [2.24, 2.45) is 18.9 Å². The first-order valence-electron chi connectivity index (χ1n) is 13.6. The van der Waals surface area contributed by atoms with Crippen LogP contribution in [0.5, 0.6) is 0 Å². The van der Waals surface area contributed by atoms with Gasteiger partial charge in [0, 0.05) is 49.9 Å². The number of benzene rings is 2. The monoisotopic (exact) mass is 486 g/mol. The molecule has 36 heavy (non-hydrogen) atoms.